The molecule has 2 heterocycles. The number of ether oxygens (including phenoxy) is 1. The fourth-order valence-electron chi connectivity index (χ4n) is 2.43. The molecule has 0 saturated carbocycles. The standard InChI is InChI=1S/C17H16N2O2/c1-12-9-15(17-18-7-8-19(17)11-12)14-5-3-13(4-6-14)10-16(20)21-2/h3-9,11H,10H2,1-2H3. The summed E-state index contributed by atoms with van der Waals surface area (Å²) in [5.74, 6) is -0.228. The van der Waals surface area contributed by atoms with Crippen molar-refractivity contribution in [1.82, 2.24) is 9.38 Å². The average Bonchev–Trinajstić information content (AvgIpc) is 2.95. The van der Waals surface area contributed by atoms with Crippen LogP contribution in [0.1, 0.15) is 11.1 Å². The minimum atomic E-state index is -0.228. The van der Waals surface area contributed by atoms with Crippen molar-refractivity contribution < 1.29 is 9.53 Å². The van der Waals surface area contributed by atoms with Crippen LogP contribution >= 0.6 is 0 Å². The molecule has 0 aliphatic carbocycles. The second kappa shape index (κ2) is 5.40. The number of nitrogens with zero attached hydrogens (tertiary/aromatic N) is 2. The number of fused-ring (bicyclic) bond motifs is 1. The number of imidazole rings is 1. The van der Waals surface area contributed by atoms with Gasteiger partial charge in [0.15, 0.2) is 0 Å². The number of aromatic nitrogens is 2. The number of methoxy groups -OCH3 is 1. The maximum absolute atomic E-state index is 11.3. The molecule has 4 heteroatoms. The predicted octanol–water partition coefficient (Wildman–Crippen LogP) is 3.03. The summed E-state index contributed by atoms with van der Waals surface area (Å²) in [4.78, 5) is 15.7. The molecule has 0 N–H and O–H groups in total. The average molecular weight is 280 g/mol. The van der Waals surface area contributed by atoms with Gasteiger partial charge in [0.25, 0.3) is 0 Å². The Bertz CT molecular complexity index is 788. The monoisotopic (exact) mass is 280 g/mol. The van der Waals surface area contributed by atoms with Crippen LogP contribution in [0.5, 0.6) is 0 Å². The number of benzene rings is 1. The summed E-state index contributed by atoms with van der Waals surface area (Å²) in [6.45, 7) is 2.06. The molecule has 3 rings (SSSR count). The molecule has 1 aromatic carbocycles. The van der Waals surface area contributed by atoms with Gasteiger partial charge in [0.1, 0.15) is 5.65 Å². The first-order valence-electron chi connectivity index (χ1n) is 6.77. The van der Waals surface area contributed by atoms with Crippen molar-refractivity contribution in [1.29, 1.82) is 0 Å². The lowest BCUT2D eigenvalue weighted by molar-refractivity contribution is -0.139. The van der Waals surface area contributed by atoms with Crippen LogP contribution in [-0.4, -0.2) is 22.5 Å². The van der Waals surface area contributed by atoms with Gasteiger partial charge in [-0.05, 0) is 29.7 Å². The molecule has 106 valence electrons. The van der Waals surface area contributed by atoms with E-state index in [1.54, 1.807) is 6.20 Å². The quantitative estimate of drug-likeness (QED) is 0.693. The van der Waals surface area contributed by atoms with Crippen molar-refractivity contribution in [3.05, 3.63) is 60.0 Å². The Morgan fingerprint density at radius 2 is 2.05 bits per heavy atom. The Balaban J connectivity index is 1.99. The summed E-state index contributed by atoms with van der Waals surface area (Å²) in [6, 6.07) is 10.1. The summed E-state index contributed by atoms with van der Waals surface area (Å²) in [6.07, 6.45) is 6.09. The fraction of sp³-hybridized carbons (Fsp3) is 0.176. The Morgan fingerprint density at radius 1 is 1.29 bits per heavy atom. The van der Waals surface area contributed by atoms with E-state index < -0.39 is 0 Å². The third-order valence-corrected chi connectivity index (χ3v) is 3.47. The first kappa shape index (κ1) is 13.4. The molecule has 0 atom stereocenters. The highest BCUT2D eigenvalue weighted by atomic mass is 16.5. The number of pyridine rings is 1. The van der Waals surface area contributed by atoms with Crippen LogP contribution in [-0.2, 0) is 16.0 Å². The second-order valence-corrected chi connectivity index (χ2v) is 5.04. The molecule has 0 aliphatic rings. The zero-order chi connectivity index (χ0) is 14.8. The molecule has 0 saturated heterocycles. The van der Waals surface area contributed by atoms with Gasteiger partial charge in [0.05, 0.1) is 13.5 Å². The van der Waals surface area contributed by atoms with Crippen molar-refractivity contribution in [2.75, 3.05) is 7.11 Å². The van der Waals surface area contributed by atoms with Gasteiger partial charge in [0.2, 0.25) is 0 Å². The van der Waals surface area contributed by atoms with E-state index in [9.17, 15) is 4.79 Å². The van der Waals surface area contributed by atoms with Gasteiger partial charge >= 0.3 is 5.97 Å². The van der Waals surface area contributed by atoms with Crippen LogP contribution in [0.25, 0.3) is 16.8 Å². The summed E-state index contributed by atoms with van der Waals surface area (Å²) in [7, 11) is 1.40. The lowest BCUT2D eigenvalue weighted by atomic mass is 10.0. The molecule has 3 aromatic rings. The zero-order valence-electron chi connectivity index (χ0n) is 12.0. The van der Waals surface area contributed by atoms with Gasteiger partial charge < -0.3 is 9.14 Å². The van der Waals surface area contributed by atoms with Crippen LogP contribution in [0.4, 0.5) is 0 Å². The van der Waals surface area contributed by atoms with Crippen LogP contribution in [0.2, 0.25) is 0 Å². The number of carbonyl (C=O) groups is 1. The maximum atomic E-state index is 11.3. The Kier molecular flexibility index (Phi) is 3.44. The molecule has 0 amide bonds. The smallest absolute Gasteiger partial charge is 0.309 e. The predicted molar refractivity (Wildman–Crippen MR) is 81.1 cm³/mol. The number of hydrogen-bond donors (Lipinski definition) is 0. The van der Waals surface area contributed by atoms with E-state index in [-0.39, 0.29) is 5.97 Å². The van der Waals surface area contributed by atoms with Crippen molar-refractivity contribution in [3.8, 4) is 11.1 Å². The van der Waals surface area contributed by atoms with Crippen LogP contribution in [0.15, 0.2) is 48.9 Å². The lowest BCUT2D eigenvalue weighted by Crippen LogP contribution is -2.04. The van der Waals surface area contributed by atoms with Gasteiger partial charge in [-0.2, -0.15) is 0 Å². The third-order valence-electron chi connectivity index (χ3n) is 3.47. The summed E-state index contributed by atoms with van der Waals surface area (Å²) >= 11 is 0. The Morgan fingerprint density at radius 3 is 2.76 bits per heavy atom. The maximum Gasteiger partial charge on any atom is 0.309 e. The molecule has 0 aliphatic heterocycles. The Hall–Kier alpha value is -2.62. The first-order chi connectivity index (χ1) is 10.2. The Labute approximate surface area is 123 Å². The highest BCUT2D eigenvalue weighted by Gasteiger charge is 2.08. The SMILES string of the molecule is COC(=O)Cc1ccc(-c2cc(C)cn3ccnc23)cc1. The minimum absolute atomic E-state index is 0.228. The van der Waals surface area contributed by atoms with Gasteiger partial charge in [-0.15, -0.1) is 0 Å². The van der Waals surface area contributed by atoms with E-state index in [0.29, 0.717) is 6.42 Å². The van der Waals surface area contributed by atoms with Gasteiger partial charge in [0, 0.05) is 24.2 Å². The number of esters is 1. The molecule has 0 spiro atoms. The zero-order valence-corrected chi connectivity index (χ0v) is 12.0. The van der Waals surface area contributed by atoms with Gasteiger partial charge in [-0.3, -0.25) is 4.79 Å². The number of aryl methyl sites for hydroxylation is 1. The van der Waals surface area contributed by atoms with E-state index in [1.807, 2.05) is 34.9 Å². The van der Waals surface area contributed by atoms with E-state index in [1.165, 1.54) is 12.7 Å². The molecule has 2 aromatic heterocycles. The summed E-state index contributed by atoms with van der Waals surface area (Å²) in [5, 5.41) is 0. The molecule has 0 radical (unpaired) electrons. The summed E-state index contributed by atoms with van der Waals surface area (Å²) in [5.41, 5.74) is 5.22. The molecular formula is C17H16N2O2. The van der Waals surface area contributed by atoms with Crippen molar-refractivity contribution in [2.45, 2.75) is 13.3 Å². The van der Waals surface area contributed by atoms with E-state index in [2.05, 4.69) is 28.9 Å². The number of hydrogen-bond acceptors (Lipinski definition) is 3. The van der Waals surface area contributed by atoms with E-state index >= 15 is 0 Å². The third kappa shape index (κ3) is 2.65. The number of rotatable bonds is 3. The highest BCUT2D eigenvalue weighted by molar-refractivity contribution is 5.79. The summed E-state index contributed by atoms with van der Waals surface area (Å²) < 4.78 is 6.70. The highest BCUT2D eigenvalue weighted by Crippen LogP contribution is 2.25. The normalized spacial score (nSPS) is 10.8. The molecule has 4 nitrogen and oxygen atoms in total. The van der Waals surface area contributed by atoms with Crippen molar-refractivity contribution in [3.63, 3.8) is 0 Å². The fourth-order valence-corrected chi connectivity index (χ4v) is 2.43. The van der Waals surface area contributed by atoms with E-state index in [0.717, 1.165) is 22.3 Å². The second-order valence-electron chi connectivity index (χ2n) is 5.04. The van der Waals surface area contributed by atoms with Crippen LogP contribution < -0.4 is 0 Å². The lowest BCUT2D eigenvalue weighted by Gasteiger charge is -2.07. The molecule has 0 bridgehead atoms. The number of carbonyl (C=O) groups excluding carboxylic acids is 1. The first-order valence-corrected chi connectivity index (χ1v) is 6.77. The molecule has 0 unspecified atom stereocenters. The van der Waals surface area contributed by atoms with Crippen molar-refractivity contribution >= 4 is 11.6 Å². The molecule has 0 fully saturated rings. The van der Waals surface area contributed by atoms with Gasteiger partial charge in [-0.1, -0.05) is 24.3 Å². The topological polar surface area (TPSA) is 43.6 Å². The van der Waals surface area contributed by atoms with Crippen molar-refractivity contribution in [2.24, 2.45) is 0 Å². The minimum Gasteiger partial charge on any atom is -0.469 e. The van der Waals surface area contributed by atoms with E-state index in [4.69, 9.17) is 0 Å². The van der Waals surface area contributed by atoms with Crippen LogP contribution in [0, 0.1) is 6.92 Å². The molecular weight excluding hydrogens is 264 g/mol. The van der Waals surface area contributed by atoms with Crippen LogP contribution in [0.3, 0.4) is 0 Å². The molecule has 21 heavy (non-hydrogen) atoms. The largest absolute Gasteiger partial charge is 0.469 e. The van der Waals surface area contributed by atoms with Gasteiger partial charge in [-0.25, -0.2) is 4.98 Å².